The lowest BCUT2D eigenvalue weighted by Gasteiger charge is -2.49. The van der Waals surface area contributed by atoms with Crippen LogP contribution in [0.4, 0.5) is 5.13 Å². The van der Waals surface area contributed by atoms with Gasteiger partial charge in [-0.3, -0.25) is 23.5 Å². The Labute approximate surface area is 415 Å². The van der Waals surface area contributed by atoms with Crippen molar-refractivity contribution in [2.45, 2.75) is 27.8 Å². The summed E-state index contributed by atoms with van der Waals surface area (Å²) in [6.45, 7) is -0.0708. The van der Waals surface area contributed by atoms with E-state index < -0.39 is 45.5 Å². The van der Waals surface area contributed by atoms with Gasteiger partial charge in [-0.05, 0) is 46.0 Å². The van der Waals surface area contributed by atoms with Crippen molar-refractivity contribution in [1.82, 2.24) is 15.2 Å². The summed E-state index contributed by atoms with van der Waals surface area (Å²) >= 11 is 3.86. The molecule has 354 valence electrons. The van der Waals surface area contributed by atoms with Crippen LogP contribution in [0.1, 0.15) is 27.9 Å². The molecule has 0 aliphatic carbocycles. The maximum absolute atomic E-state index is 14.3. The highest BCUT2D eigenvalue weighted by molar-refractivity contribution is 8.01. The van der Waals surface area contributed by atoms with E-state index in [-0.39, 0.29) is 47.4 Å². The number of ether oxygens (including phenoxy) is 4. The van der Waals surface area contributed by atoms with E-state index in [1.807, 2.05) is 91.0 Å². The molecular formula is C51H41N5O10S4. The van der Waals surface area contributed by atoms with E-state index in [0.717, 1.165) is 21.6 Å². The van der Waals surface area contributed by atoms with E-state index in [2.05, 4.69) is 15.8 Å². The number of hydrogen-bond acceptors (Lipinski definition) is 16. The van der Waals surface area contributed by atoms with Crippen molar-refractivity contribution in [3.8, 4) is 17.2 Å². The molecule has 0 spiro atoms. The molecule has 15 nitrogen and oxygen atoms in total. The number of hydrogen-bond donors (Lipinski definition) is 2. The number of esters is 1. The molecule has 7 aromatic rings. The molecule has 0 bridgehead atoms. The first-order chi connectivity index (χ1) is 34.1. The second-order valence-electron chi connectivity index (χ2n) is 16.0. The third-order valence-corrected chi connectivity index (χ3v) is 16.6. The van der Waals surface area contributed by atoms with Crippen LogP contribution in [-0.2, 0) is 46.9 Å². The number of carbonyl (C=O) groups excluding carboxylic acids is 3. The number of rotatable bonds is 16. The fraction of sp³-hybridized carbons (Fsp3) is 0.176. The third kappa shape index (κ3) is 8.92. The quantitative estimate of drug-likeness (QED) is 0.0244. The number of benzene rings is 5. The van der Waals surface area contributed by atoms with Gasteiger partial charge in [-0.15, -0.1) is 34.4 Å². The minimum Gasteiger partial charge on any atom is -0.497 e. The van der Waals surface area contributed by atoms with E-state index in [1.165, 1.54) is 47.6 Å². The molecule has 3 aliphatic heterocycles. The molecule has 1 fully saturated rings. The number of methoxy groups -OCH3 is 1. The molecule has 2 unspecified atom stereocenters. The lowest BCUT2D eigenvalue weighted by Crippen LogP contribution is -2.74. The van der Waals surface area contributed by atoms with Crippen molar-refractivity contribution < 1.29 is 42.4 Å². The number of amides is 2. The summed E-state index contributed by atoms with van der Waals surface area (Å²) in [5.74, 6) is -0.664. The van der Waals surface area contributed by atoms with Crippen molar-refractivity contribution >= 4 is 83.9 Å². The Morgan fingerprint density at radius 3 is 2.16 bits per heavy atom. The van der Waals surface area contributed by atoms with Crippen molar-refractivity contribution in [3.63, 3.8) is 0 Å². The minimum atomic E-state index is -1.80. The van der Waals surface area contributed by atoms with Gasteiger partial charge in [-0.2, -0.15) is 0 Å². The van der Waals surface area contributed by atoms with Gasteiger partial charge in [0.1, 0.15) is 47.8 Å². The predicted octanol–water partition coefficient (Wildman–Crippen LogP) is 7.42. The largest absolute Gasteiger partial charge is 0.497 e. The summed E-state index contributed by atoms with van der Waals surface area (Å²) in [4.78, 5) is 67.1. The molecule has 3 atom stereocenters. The van der Waals surface area contributed by atoms with Gasteiger partial charge in [0.25, 0.3) is 11.8 Å². The standard InChI is InChI=1S/C51H41N5O10S4/c1-62-35-20-18-30(19-21-35)25-64-49(60)45-31(26-67-42-23-38(57)36-22-39-40(66-29-65-39)24-41(36)69-42)28-70(61)48-44(47(59)56(45)48)53-46(58)43(55-63-2)37-27-68-50(52-37)54-51(32-12-6-3-7-13-32,33-14-8-4-9-15-33)34-16-10-5-11-17-34/h3-24,27,44,48H,25-26,28-29H2,1-2H3,(H,52,54)(H,53,58)/b55-43-/t44?,48-,70?/m1/s1. The smallest absolute Gasteiger partial charge is 0.355 e. The Balaban J connectivity index is 0.914. The Bertz CT molecular complexity index is 3180. The van der Waals surface area contributed by atoms with Crippen LogP contribution in [-0.4, -0.2) is 81.5 Å². The second kappa shape index (κ2) is 20.0. The fourth-order valence-electron chi connectivity index (χ4n) is 8.53. The van der Waals surface area contributed by atoms with Gasteiger partial charge in [0, 0.05) is 33.4 Å². The molecule has 5 heterocycles. The Kier molecular flexibility index (Phi) is 13.2. The monoisotopic (exact) mass is 1010 g/mol. The van der Waals surface area contributed by atoms with E-state index >= 15 is 0 Å². The summed E-state index contributed by atoms with van der Waals surface area (Å²) in [6, 6.07) is 40.5. The van der Waals surface area contributed by atoms with Crippen LogP contribution in [0.3, 0.4) is 0 Å². The lowest BCUT2D eigenvalue weighted by atomic mass is 9.77. The fourth-order valence-corrected chi connectivity index (χ4v) is 13.3. The molecule has 3 aliphatic rings. The third-order valence-electron chi connectivity index (χ3n) is 11.9. The van der Waals surface area contributed by atoms with Gasteiger partial charge in [0.05, 0.1) is 27.9 Å². The molecule has 2 aromatic heterocycles. The van der Waals surface area contributed by atoms with Crippen molar-refractivity contribution in [3.05, 3.63) is 188 Å². The van der Waals surface area contributed by atoms with Gasteiger partial charge in [0.15, 0.2) is 27.8 Å². The summed E-state index contributed by atoms with van der Waals surface area (Å²) in [6.07, 6.45) is 0. The molecule has 10 rings (SSSR count). The number of thioether (sulfide) groups is 1. The number of carbonyl (C=O) groups is 3. The normalized spacial score (nSPS) is 17.4. The molecule has 0 radical (unpaired) electrons. The Morgan fingerprint density at radius 1 is 0.886 bits per heavy atom. The molecule has 70 heavy (non-hydrogen) atoms. The Hall–Kier alpha value is -7.32. The number of β-lactam (4-membered cyclic amide) rings is 1. The van der Waals surface area contributed by atoms with Crippen LogP contribution < -0.4 is 30.3 Å². The van der Waals surface area contributed by atoms with Crippen LogP contribution in [0.5, 0.6) is 17.2 Å². The molecule has 2 amide bonds. The number of nitrogens with one attached hydrogen (secondary N) is 2. The van der Waals surface area contributed by atoms with Crippen LogP contribution in [0.2, 0.25) is 0 Å². The Morgan fingerprint density at radius 2 is 1.53 bits per heavy atom. The van der Waals surface area contributed by atoms with Crippen molar-refractivity contribution in [2.75, 3.05) is 37.8 Å². The molecule has 5 aromatic carbocycles. The van der Waals surface area contributed by atoms with Crippen molar-refractivity contribution in [2.24, 2.45) is 5.16 Å². The lowest BCUT2D eigenvalue weighted by molar-refractivity contribution is -0.153. The minimum absolute atomic E-state index is 0.0585. The van der Waals surface area contributed by atoms with Crippen LogP contribution in [0.25, 0.3) is 10.1 Å². The van der Waals surface area contributed by atoms with Crippen LogP contribution in [0.15, 0.2) is 164 Å². The zero-order valence-corrected chi connectivity index (χ0v) is 40.6. The van der Waals surface area contributed by atoms with Gasteiger partial charge >= 0.3 is 5.97 Å². The summed E-state index contributed by atoms with van der Waals surface area (Å²) in [5.41, 5.74) is 2.60. The van der Waals surface area contributed by atoms with Crippen molar-refractivity contribution in [1.29, 1.82) is 0 Å². The summed E-state index contributed by atoms with van der Waals surface area (Å²) in [7, 11) is 1.03. The number of anilines is 1. The first-order valence-electron chi connectivity index (χ1n) is 21.7. The molecule has 2 N–H and O–H groups in total. The molecule has 19 heteroatoms. The number of thiazole rings is 1. The van der Waals surface area contributed by atoms with Crippen LogP contribution >= 0.6 is 34.4 Å². The highest BCUT2D eigenvalue weighted by Gasteiger charge is 2.57. The molecule has 1 saturated heterocycles. The number of nitrogens with zero attached hydrogens (tertiary/aromatic N) is 3. The topological polar surface area (TPSA) is 184 Å². The molecule has 0 saturated carbocycles. The second-order valence-corrected chi connectivity index (χ2v) is 20.8. The number of aromatic nitrogens is 1. The van der Waals surface area contributed by atoms with Crippen LogP contribution in [0, 0.1) is 0 Å². The zero-order valence-electron chi connectivity index (χ0n) is 37.3. The van der Waals surface area contributed by atoms with E-state index in [1.54, 1.807) is 48.9 Å². The van der Waals surface area contributed by atoms with Gasteiger partial charge in [-0.25, -0.2) is 9.78 Å². The first kappa shape index (κ1) is 46.4. The zero-order chi connectivity index (χ0) is 48.4. The maximum Gasteiger partial charge on any atom is 0.355 e. The summed E-state index contributed by atoms with van der Waals surface area (Å²) < 4.78 is 37.6. The van der Waals surface area contributed by atoms with E-state index in [0.29, 0.717) is 47.8 Å². The maximum atomic E-state index is 14.3. The summed E-state index contributed by atoms with van der Waals surface area (Å²) in [5, 5.41) is 11.9. The highest BCUT2D eigenvalue weighted by atomic mass is 32.2. The average Bonchev–Trinajstić information content (AvgIpc) is 4.07. The van der Waals surface area contributed by atoms with Gasteiger partial charge in [0.2, 0.25) is 6.79 Å². The molecular weight excluding hydrogens is 971 g/mol. The van der Waals surface area contributed by atoms with Gasteiger partial charge in [-0.1, -0.05) is 108 Å². The van der Waals surface area contributed by atoms with E-state index in [4.69, 9.17) is 28.8 Å². The number of oxime groups is 1. The highest BCUT2D eigenvalue weighted by Crippen LogP contribution is 2.43. The van der Waals surface area contributed by atoms with Gasteiger partial charge < -0.3 is 34.4 Å². The average molecular weight is 1010 g/mol. The SMILES string of the molecule is CO/N=C(\C(=O)NC1C(=O)N2C(C(=O)OCc3ccc(OC)cc3)=C(CSc3cc(=O)c4cc5c(cc4s3)OCO5)CS(=O)[C@H]12)c1csc(NC(c2ccccc2)(c2ccccc2)c2ccccc2)n1. The first-order valence-corrected chi connectivity index (χ1v) is 25.8. The van der Waals surface area contributed by atoms with E-state index in [9.17, 15) is 23.4 Å². The predicted molar refractivity (Wildman–Crippen MR) is 269 cm³/mol. The number of fused-ring (bicyclic) bond motifs is 3.